The van der Waals surface area contributed by atoms with E-state index in [2.05, 4.69) is 26.8 Å². The van der Waals surface area contributed by atoms with Gasteiger partial charge in [-0.1, -0.05) is 18.2 Å². The number of hydrogen-bond donors (Lipinski definition) is 1. The highest BCUT2D eigenvalue weighted by Gasteiger charge is 2.28. The summed E-state index contributed by atoms with van der Waals surface area (Å²) in [6.45, 7) is 0.753. The summed E-state index contributed by atoms with van der Waals surface area (Å²) in [5.41, 5.74) is 1.22. The van der Waals surface area contributed by atoms with Crippen molar-refractivity contribution >= 4 is 16.7 Å². The normalized spacial score (nSPS) is 21.6. The van der Waals surface area contributed by atoms with Gasteiger partial charge in [0, 0.05) is 29.4 Å². The molecule has 19 heavy (non-hydrogen) atoms. The van der Waals surface area contributed by atoms with Gasteiger partial charge in [-0.3, -0.25) is 0 Å². The zero-order chi connectivity index (χ0) is 12.7. The molecule has 98 valence electrons. The third kappa shape index (κ3) is 2.18. The summed E-state index contributed by atoms with van der Waals surface area (Å²) >= 11 is 1.47. The molecule has 5 heteroatoms. The summed E-state index contributed by atoms with van der Waals surface area (Å²) in [7, 11) is 0. The van der Waals surface area contributed by atoms with E-state index in [4.69, 9.17) is 4.74 Å². The van der Waals surface area contributed by atoms with Crippen LogP contribution >= 0.6 is 11.5 Å². The first-order valence-electron chi connectivity index (χ1n) is 6.72. The predicted molar refractivity (Wildman–Crippen MR) is 74.8 cm³/mol. The van der Waals surface area contributed by atoms with Crippen LogP contribution in [0.25, 0.3) is 0 Å². The molecule has 1 fully saturated rings. The summed E-state index contributed by atoms with van der Waals surface area (Å²) in [4.78, 5) is 4.59. The Labute approximate surface area is 116 Å². The van der Waals surface area contributed by atoms with Crippen molar-refractivity contribution in [3.8, 4) is 5.75 Å². The van der Waals surface area contributed by atoms with Crippen LogP contribution < -0.4 is 10.1 Å². The first-order chi connectivity index (χ1) is 9.40. The van der Waals surface area contributed by atoms with Gasteiger partial charge in [0.05, 0.1) is 12.6 Å². The van der Waals surface area contributed by atoms with Crippen molar-refractivity contribution in [2.24, 2.45) is 0 Å². The van der Waals surface area contributed by atoms with Crippen LogP contribution in [-0.2, 0) is 0 Å². The molecule has 2 aromatic rings. The summed E-state index contributed by atoms with van der Waals surface area (Å²) in [5, 5.41) is 4.44. The minimum absolute atomic E-state index is 0.282. The van der Waals surface area contributed by atoms with Crippen molar-refractivity contribution in [2.75, 3.05) is 11.9 Å². The van der Waals surface area contributed by atoms with Crippen LogP contribution in [0.5, 0.6) is 5.75 Å². The third-order valence-electron chi connectivity index (χ3n) is 3.64. The zero-order valence-corrected chi connectivity index (χ0v) is 11.3. The minimum Gasteiger partial charge on any atom is -0.493 e. The van der Waals surface area contributed by atoms with Crippen LogP contribution in [0.15, 0.2) is 24.3 Å². The molecule has 2 aliphatic rings. The Morgan fingerprint density at radius 1 is 1.21 bits per heavy atom. The Hall–Kier alpha value is -1.62. The molecule has 1 saturated carbocycles. The fraction of sp³-hybridized carbons (Fsp3) is 0.429. The lowest BCUT2D eigenvalue weighted by Crippen LogP contribution is -2.20. The molecule has 0 bridgehead atoms. The lowest BCUT2D eigenvalue weighted by molar-refractivity contribution is 0.274. The number of nitrogens with one attached hydrogen (secondary N) is 1. The van der Waals surface area contributed by atoms with E-state index >= 15 is 0 Å². The van der Waals surface area contributed by atoms with E-state index in [1.807, 2.05) is 12.1 Å². The van der Waals surface area contributed by atoms with Crippen molar-refractivity contribution < 1.29 is 4.74 Å². The maximum absolute atomic E-state index is 5.67. The molecule has 0 amide bonds. The molecule has 1 aliphatic carbocycles. The fourth-order valence-corrected chi connectivity index (χ4v) is 3.14. The summed E-state index contributed by atoms with van der Waals surface area (Å²) in [6, 6.07) is 8.49. The molecule has 1 unspecified atom stereocenters. The van der Waals surface area contributed by atoms with E-state index < -0.39 is 0 Å². The number of aromatic nitrogens is 2. The van der Waals surface area contributed by atoms with Crippen LogP contribution in [0.2, 0.25) is 0 Å². The largest absolute Gasteiger partial charge is 0.493 e. The number of nitrogens with zero attached hydrogens (tertiary/aromatic N) is 2. The molecule has 1 atom stereocenters. The smallest absolute Gasteiger partial charge is 0.203 e. The SMILES string of the molecule is c1ccc2c(c1)OCCC2Nc1nc(C2CC2)ns1. The van der Waals surface area contributed by atoms with Gasteiger partial charge in [0.1, 0.15) is 11.6 Å². The van der Waals surface area contributed by atoms with Crippen molar-refractivity contribution in [1.29, 1.82) is 0 Å². The molecule has 2 heterocycles. The fourth-order valence-electron chi connectivity index (χ4n) is 2.44. The van der Waals surface area contributed by atoms with Gasteiger partial charge in [0.2, 0.25) is 5.13 Å². The summed E-state index contributed by atoms with van der Waals surface area (Å²) in [5.74, 6) is 2.62. The second-order valence-corrected chi connectivity index (χ2v) is 5.86. The third-order valence-corrected chi connectivity index (χ3v) is 4.30. The van der Waals surface area contributed by atoms with Gasteiger partial charge < -0.3 is 10.1 Å². The second kappa shape index (κ2) is 4.49. The Bertz CT molecular complexity index is 594. The highest BCUT2D eigenvalue weighted by Crippen LogP contribution is 2.40. The molecular formula is C14H15N3OS. The van der Waals surface area contributed by atoms with Gasteiger partial charge in [-0.25, -0.2) is 4.98 Å². The predicted octanol–water partition coefficient (Wildman–Crippen LogP) is 3.35. The molecule has 1 aliphatic heterocycles. The maximum atomic E-state index is 5.67. The molecule has 0 saturated heterocycles. The van der Waals surface area contributed by atoms with Gasteiger partial charge >= 0.3 is 0 Å². The molecule has 4 nitrogen and oxygen atoms in total. The van der Waals surface area contributed by atoms with E-state index in [9.17, 15) is 0 Å². The van der Waals surface area contributed by atoms with E-state index in [1.54, 1.807) is 0 Å². The van der Waals surface area contributed by atoms with Crippen LogP contribution in [0.1, 0.15) is 42.6 Å². The summed E-state index contributed by atoms with van der Waals surface area (Å²) in [6.07, 6.45) is 3.46. The van der Waals surface area contributed by atoms with Gasteiger partial charge in [-0.05, 0) is 18.9 Å². The average molecular weight is 273 g/mol. The van der Waals surface area contributed by atoms with Crippen molar-refractivity contribution in [2.45, 2.75) is 31.2 Å². The van der Waals surface area contributed by atoms with Crippen LogP contribution in [-0.4, -0.2) is 16.0 Å². The number of hydrogen-bond acceptors (Lipinski definition) is 5. The van der Waals surface area contributed by atoms with Crippen molar-refractivity contribution in [1.82, 2.24) is 9.36 Å². The molecule has 1 aromatic heterocycles. The standard InChI is InChI=1S/C14H15N3OS/c1-2-4-12-10(3-1)11(7-8-18-12)15-14-16-13(17-19-14)9-5-6-9/h1-4,9,11H,5-8H2,(H,15,16,17). The zero-order valence-electron chi connectivity index (χ0n) is 10.5. The van der Waals surface area contributed by atoms with Crippen LogP contribution in [0.4, 0.5) is 5.13 Å². The monoisotopic (exact) mass is 273 g/mol. The Kier molecular flexibility index (Phi) is 2.65. The molecule has 1 N–H and O–H groups in total. The summed E-state index contributed by atoms with van der Waals surface area (Å²) < 4.78 is 10.1. The highest BCUT2D eigenvalue weighted by atomic mass is 32.1. The molecule has 0 radical (unpaired) electrons. The van der Waals surface area contributed by atoms with E-state index in [1.165, 1.54) is 29.9 Å². The Morgan fingerprint density at radius 2 is 2.11 bits per heavy atom. The minimum atomic E-state index is 0.282. The number of para-hydroxylation sites is 1. The van der Waals surface area contributed by atoms with Gasteiger partial charge in [-0.2, -0.15) is 4.37 Å². The van der Waals surface area contributed by atoms with Gasteiger partial charge in [-0.15, -0.1) is 0 Å². The lowest BCUT2D eigenvalue weighted by Gasteiger charge is -2.26. The quantitative estimate of drug-likeness (QED) is 0.931. The average Bonchev–Trinajstić information content (AvgIpc) is 3.20. The van der Waals surface area contributed by atoms with Crippen LogP contribution in [0, 0.1) is 0 Å². The number of anilines is 1. The first kappa shape index (κ1) is 11.2. The van der Waals surface area contributed by atoms with Crippen molar-refractivity contribution in [3.05, 3.63) is 35.7 Å². The Balaban J connectivity index is 1.56. The first-order valence-corrected chi connectivity index (χ1v) is 7.49. The van der Waals surface area contributed by atoms with E-state index in [0.29, 0.717) is 5.92 Å². The van der Waals surface area contributed by atoms with E-state index in [-0.39, 0.29) is 6.04 Å². The number of fused-ring (bicyclic) bond motifs is 1. The van der Waals surface area contributed by atoms with Gasteiger partial charge in [0.15, 0.2) is 0 Å². The molecular weight excluding hydrogens is 258 g/mol. The maximum Gasteiger partial charge on any atom is 0.203 e. The van der Waals surface area contributed by atoms with Crippen LogP contribution in [0.3, 0.4) is 0 Å². The number of ether oxygens (including phenoxy) is 1. The number of rotatable bonds is 3. The molecule has 4 rings (SSSR count). The Morgan fingerprint density at radius 3 is 3.00 bits per heavy atom. The highest BCUT2D eigenvalue weighted by molar-refractivity contribution is 7.09. The van der Waals surface area contributed by atoms with Crippen molar-refractivity contribution in [3.63, 3.8) is 0 Å². The molecule has 0 spiro atoms. The lowest BCUT2D eigenvalue weighted by atomic mass is 10.0. The molecule has 1 aromatic carbocycles. The van der Waals surface area contributed by atoms with E-state index in [0.717, 1.165) is 29.7 Å². The number of benzene rings is 1. The topological polar surface area (TPSA) is 47.0 Å². The second-order valence-electron chi connectivity index (χ2n) is 5.10. The van der Waals surface area contributed by atoms with Gasteiger partial charge in [0.25, 0.3) is 0 Å².